The molecule has 0 saturated heterocycles. The minimum absolute atomic E-state index is 0.723. The normalized spacial score (nSPS) is 26.2. The van der Waals surface area contributed by atoms with Crippen molar-refractivity contribution in [1.82, 2.24) is 0 Å². The summed E-state index contributed by atoms with van der Waals surface area (Å²) in [5.41, 5.74) is 11.4. The lowest BCUT2D eigenvalue weighted by Crippen LogP contribution is -2.18. The van der Waals surface area contributed by atoms with Gasteiger partial charge in [0.2, 0.25) is 5.52 Å². The third-order valence-electron chi connectivity index (χ3n) is 4.32. The Kier molecular flexibility index (Phi) is 1.48. The summed E-state index contributed by atoms with van der Waals surface area (Å²) >= 11 is 0. The zero-order valence-corrected chi connectivity index (χ0v) is 9.16. The first-order valence-electron chi connectivity index (χ1n) is 6.08. The molecule has 0 radical (unpaired) electrons. The molecule has 4 rings (SSSR count). The second-order valence-electron chi connectivity index (χ2n) is 5.12. The minimum Gasteiger partial charge on any atom is -0.398 e. The third-order valence-corrected chi connectivity index (χ3v) is 4.32. The van der Waals surface area contributed by atoms with E-state index < -0.39 is 0 Å². The van der Waals surface area contributed by atoms with Crippen LogP contribution in [-0.2, 0) is 0 Å². The molecular formula is C14H15N2+. The van der Waals surface area contributed by atoms with Crippen molar-refractivity contribution >= 4 is 16.6 Å². The van der Waals surface area contributed by atoms with E-state index in [1.54, 1.807) is 0 Å². The fourth-order valence-corrected chi connectivity index (χ4v) is 3.60. The predicted molar refractivity (Wildman–Crippen MR) is 64.2 cm³/mol. The van der Waals surface area contributed by atoms with Crippen molar-refractivity contribution in [3.8, 4) is 0 Å². The van der Waals surface area contributed by atoms with Crippen molar-refractivity contribution in [2.24, 2.45) is 0 Å². The summed E-state index contributed by atoms with van der Waals surface area (Å²) in [6.07, 6.45) is 3.98. The van der Waals surface area contributed by atoms with E-state index in [0.717, 1.165) is 17.5 Å². The molecule has 2 aliphatic carbocycles. The Labute approximate surface area is 94.5 Å². The van der Waals surface area contributed by atoms with Gasteiger partial charge in [0, 0.05) is 17.5 Å². The van der Waals surface area contributed by atoms with Gasteiger partial charge in [-0.25, -0.2) is 4.98 Å². The van der Waals surface area contributed by atoms with Crippen molar-refractivity contribution in [3.63, 3.8) is 0 Å². The SMILES string of the molecule is Nc1c2c([nH+]c3ccccc13)C1CCC2C1. The fraction of sp³-hybridized carbons (Fsp3) is 0.357. The van der Waals surface area contributed by atoms with Gasteiger partial charge >= 0.3 is 0 Å². The zero-order chi connectivity index (χ0) is 10.7. The molecule has 16 heavy (non-hydrogen) atoms. The van der Waals surface area contributed by atoms with Crippen LogP contribution in [0, 0.1) is 0 Å². The van der Waals surface area contributed by atoms with Crippen LogP contribution in [-0.4, -0.2) is 0 Å². The molecule has 2 bridgehead atoms. The number of nitrogens with one attached hydrogen (secondary N) is 1. The Morgan fingerprint density at radius 1 is 1.12 bits per heavy atom. The van der Waals surface area contributed by atoms with Gasteiger partial charge in [0.15, 0.2) is 5.69 Å². The standard InChI is InChI=1S/C14H14N2/c15-13-10-3-1-2-4-11(10)16-14-9-6-5-8(7-9)12(13)14/h1-4,8-9H,5-7H2,(H2,15,16)/p+1. The molecule has 2 heteroatoms. The number of para-hydroxylation sites is 1. The first-order chi connectivity index (χ1) is 7.84. The van der Waals surface area contributed by atoms with Crippen molar-refractivity contribution in [2.45, 2.75) is 31.1 Å². The van der Waals surface area contributed by atoms with Crippen molar-refractivity contribution in [1.29, 1.82) is 0 Å². The van der Waals surface area contributed by atoms with E-state index in [9.17, 15) is 0 Å². The van der Waals surface area contributed by atoms with Crippen LogP contribution in [0.5, 0.6) is 0 Å². The van der Waals surface area contributed by atoms with E-state index in [1.807, 2.05) is 0 Å². The molecule has 2 aliphatic rings. The number of nitrogen functional groups attached to an aromatic ring is 1. The van der Waals surface area contributed by atoms with Gasteiger partial charge in [0.05, 0.1) is 11.1 Å². The highest BCUT2D eigenvalue weighted by Crippen LogP contribution is 2.53. The molecule has 1 aromatic carbocycles. The summed E-state index contributed by atoms with van der Waals surface area (Å²) < 4.78 is 0. The molecule has 1 aromatic heterocycles. The molecule has 2 unspecified atom stereocenters. The summed E-state index contributed by atoms with van der Waals surface area (Å²) in [7, 11) is 0. The Balaban J connectivity index is 2.13. The van der Waals surface area contributed by atoms with Gasteiger partial charge < -0.3 is 5.73 Å². The quantitative estimate of drug-likeness (QED) is 0.715. The van der Waals surface area contributed by atoms with Crippen LogP contribution in [0.4, 0.5) is 5.69 Å². The number of aromatic nitrogens is 1. The number of benzene rings is 1. The highest BCUT2D eigenvalue weighted by molar-refractivity contribution is 5.90. The first-order valence-corrected chi connectivity index (χ1v) is 6.08. The lowest BCUT2D eigenvalue weighted by atomic mass is 9.93. The molecule has 0 spiro atoms. The van der Waals surface area contributed by atoms with Crippen LogP contribution in [0.2, 0.25) is 0 Å². The molecular weight excluding hydrogens is 196 g/mol. The smallest absolute Gasteiger partial charge is 0.213 e. The average molecular weight is 211 g/mol. The van der Waals surface area contributed by atoms with Crippen LogP contribution in [0.3, 0.4) is 0 Å². The highest BCUT2D eigenvalue weighted by atomic mass is 14.8. The lowest BCUT2D eigenvalue weighted by Gasteiger charge is -2.13. The molecule has 3 N–H and O–H groups in total. The van der Waals surface area contributed by atoms with Crippen molar-refractivity contribution in [2.75, 3.05) is 5.73 Å². The molecule has 2 aromatic rings. The molecule has 1 saturated carbocycles. The van der Waals surface area contributed by atoms with Gasteiger partial charge in [0.1, 0.15) is 0 Å². The van der Waals surface area contributed by atoms with Gasteiger partial charge in [0.25, 0.3) is 0 Å². The number of fused-ring (bicyclic) bond motifs is 6. The lowest BCUT2D eigenvalue weighted by molar-refractivity contribution is -0.360. The maximum absolute atomic E-state index is 6.34. The number of pyridine rings is 1. The first kappa shape index (κ1) is 8.57. The Morgan fingerprint density at radius 3 is 2.88 bits per heavy atom. The minimum atomic E-state index is 0.723. The number of nitrogens with two attached hydrogens (primary N) is 1. The van der Waals surface area contributed by atoms with Crippen LogP contribution in [0.1, 0.15) is 42.4 Å². The van der Waals surface area contributed by atoms with Crippen LogP contribution >= 0.6 is 0 Å². The number of aromatic amines is 1. The van der Waals surface area contributed by atoms with Gasteiger partial charge in [-0.2, -0.15) is 0 Å². The maximum Gasteiger partial charge on any atom is 0.213 e. The van der Waals surface area contributed by atoms with Gasteiger partial charge in [-0.1, -0.05) is 12.1 Å². The Hall–Kier alpha value is -1.57. The molecule has 80 valence electrons. The molecule has 0 amide bonds. The van der Waals surface area contributed by atoms with E-state index >= 15 is 0 Å². The summed E-state index contributed by atoms with van der Waals surface area (Å²) in [5, 5.41) is 1.19. The second-order valence-corrected chi connectivity index (χ2v) is 5.12. The monoisotopic (exact) mass is 211 g/mol. The van der Waals surface area contributed by atoms with E-state index in [-0.39, 0.29) is 0 Å². The summed E-state index contributed by atoms with van der Waals surface area (Å²) in [6, 6.07) is 8.37. The third kappa shape index (κ3) is 0.902. The van der Waals surface area contributed by atoms with Gasteiger partial charge in [-0.3, -0.25) is 0 Å². The Bertz CT molecular complexity index is 589. The number of rotatable bonds is 0. The predicted octanol–water partition coefficient (Wildman–Crippen LogP) is 2.60. The molecule has 2 nitrogen and oxygen atoms in total. The zero-order valence-electron chi connectivity index (χ0n) is 9.16. The fourth-order valence-electron chi connectivity index (χ4n) is 3.60. The molecule has 1 fully saturated rings. The molecule has 1 heterocycles. The van der Waals surface area contributed by atoms with Gasteiger partial charge in [-0.15, -0.1) is 0 Å². The topological polar surface area (TPSA) is 40.2 Å². The summed E-state index contributed by atoms with van der Waals surface area (Å²) in [5.74, 6) is 1.47. The molecule has 2 atom stereocenters. The summed E-state index contributed by atoms with van der Waals surface area (Å²) in [6.45, 7) is 0. The van der Waals surface area contributed by atoms with E-state index in [4.69, 9.17) is 5.73 Å². The largest absolute Gasteiger partial charge is 0.398 e. The van der Waals surface area contributed by atoms with Crippen molar-refractivity contribution < 1.29 is 4.98 Å². The number of hydrogen-bond acceptors (Lipinski definition) is 1. The number of hydrogen-bond donors (Lipinski definition) is 1. The van der Waals surface area contributed by atoms with Crippen LogP contribution in [0.25, 0.3) is 10.9 Å². The average Bonchev–Trinajstić information content (AvgIpc) is 2.90. The van der Waals surface area contributed by atoms with Gasteiger partial charge in [-0.05, 0) is 31.2 Å². The van der Waals surface area contributed by atoms with Crippen molar-refractivity contribution in [3.05, 3.63) is 35.5 Å². The summed E-state index contributed by atoms with van der Waals surface area (Å²) in [4.78, 5) is 3.60. The van der Waals surface area contributed by atoms with Crippen LogP contribution < -0.4 is 10.7 Å². The second kappa shape index (κ2) is 2.76. The van der Waals surface area contributed by atoms with E-state index in [2.05, 4.69) is 29.2 Å². The number of H-pyrrole nitrogens is 1. The Morgan fingerprint density at radius 2 is 1.94 bits per heavy atom. The van der Waals surface area contributed by atoms with E-state index in [1.165, 1.54) is 41.4 Å². The van der Waals surface area contributed by atoms with Crippen LogP contribution in [0.15, 0.2) is 24.3 Å². The molecule has 0 aliphatic heterocycles. The number of anilines is 1. The maximum atomic E-state index is 6.34. The highest BCUT2D eigenvalue weighted by Gasteiger charge is 2.43. The van der Waals surface area contributed by atoms with E-state index in [0.29, 0.717) is 0 Å².